The summed E-state index contributed by atoms with van der Waals surface area (Å²) >= 11 is 0. The highest BCUT2D eigenvalue weighted by Gasteiger charge is 2.19. The highest BCUT2D eigenvalue weighted by Crippen LogP contribution is 2.24. The van der Waals surface area contributed by atoms with Gasteiger partial charge < -0.3 is 5.73 Å². The van der Waals surface area contributed by atoms with Crippen LogP contribution in [-0.4, -0.2) is 8.42 Å². The van der Waals surface area contributed by atoms with Crippen molar-refractivity contribution in [2.45, 2.75) is 24.5 Å². The lowest BCUT2D eigenvalue weighted by atomic mass is 10.1. The predicted octanol–water partition coefficient (Wildman–Crippen LogP) is 3.00. The molecule has 2 N–H and O–H groups in total. The maximum absolute atomic E-state index is 13.2. The first-order valence-corrected chi connectivity index (χ1v) is 7.79. The molecule has 0 aliphatic rings. The molecule has 0 aromatic heterocycles. The molecule has 0 amide bonds. The summed E-state index contributed by atoms with van der Waals surface area (Å²) in [5.41, 5.74) is 8.48. The Morgan fingerprint density at radius 1 is 1.05 bits per heavy atom. The molecule has 0 bridgehead atoms. The van der Waals surface area contributed by atoms with E-state index in [1.807, 2.05) is 26.0 Å². The summed E-state index contributed by atoms with van der Waals surface area (Å²) in [6.45, 7) is 3.88. The van der Waals surface area contributed by atoms with Crippen LogP contribution in [-0.2, 0) is 15.6 Å². The SMILES string of the molecule is Cc1ccc(CS(=O)(=O)c2cc(F)ccc2N)cc1C. The summed E-state index contributed by atoms with van der Waals surface area (Å²) in [5, 5.41) is 0. The molecule has 0 radical (unpaired) electrons. The zero-order valence-electron chi connectivity index (χ0n) is 11.4. The van der Waals surface area contributed by atoms with Crippen LogP contribution in [0.25, 0.3) is 0 Å². The molecule has 0 saturated carbocycles. The summed E-state index contributed by atoms with van der Waals surface area (Å²) in [7, 11) is -3.66. The average molecular weight is 293 g/mol. The fourth-order valence-electron chi connectivity index (χ4n) is 1.97. The van der Waals surface area contributed by atoms with E-state index < -0.39 is 15.7 Å². The second kappa shape index (κ2) is 5.25. The molecule has 3 nitrogen and oxygen atoms in total. The Labute approximate surface area is 118 Å². The van der Waals surface area contributed by atoms with E-state index in [1.165, 1.54) is 6.07 Å². The van der Waals surface area contributed by atoms with Gasteiger partial charge in [0.1, 0.15) is 5.82 Å². The first kappa shape index (κ1) is 14.5. The van der Waals surface area contributed by atoms with E-state index in [9.17, 15) is 12.8 Å². The first-order valence-electron chi connectivity index (χ1n) is 6.13. The van der Waals surface area contributed by atoms with Gasteiger partial charge in [-0.1, -0.05) is 18.2 Å². The lowest BCUT2D eigenvalue weighted by Gasteiger charge is -2.09. The number of aryl methyl sites for hydroxylation is 2. The molecule has 0 fully saturated rings. The summed E-state index contributed by atoms with van der Waals surface area (Å²) in [4.78, 5) is -0.157. The molecule has 106 valence electrons. The van der Waals surface area contributed by atoms with E-state index >= 15 is 0 Å². The summed E-state index contributed by atoms with van der Waals surface area (Å²) in [5.74, 6) is -0.806. The van der Waals surface area contributed by atoms with Crippen molar-refractivity contribution >= 4 is 15.5 Å². The molecule has 20 heavy (non-hydrogen) atoms. The summed E-state index contributed by atoms with van der Waals surface area (Å²) in [6.07, 6.45) is 0. The van der Waals surface area contributed by atoms with E-state index in [1.54, 1.807) is 6.07 Å². The van der Waals surface area contributed by atoms with Crippen molar-refractivity contribution in [1.29, 1.82) is 0 Å². The second-order valence-electron chi connectivity index (χ2n) is 4.86. The topological polar surface area (TPSA) is 60.2 Å². The molecular weight excluding hydrogens is 277 g/mol. The van der Waals surface area contributed by atoms with Crippen LogP contribution in [0.2, 0.25) is 0 Å². The monoisotopic (exact) mass is 293 g/mol. The highest BCUT2D eigenvalue weighted by atomic mass is 32.2. The number of hydrogen-bond donors (Lipinski definition) is 1. The molecule has 0 atom stereocenters. The number of hydrogen-bond acceptors (Lipinski definition) is 3. The Morgan fingerprint density at radius 3 is 2.40 bits per heavy atom. The van der Waals surface area contributed by atoms with Crippen molar-refractivity contribution in [3.8, 4) is 0 Å². The maximum atomic E-state index is 13.2. The van der Waals surface area contributed by atoms with Gasteiger partial charge in [0.2, 0.25) is 0 Å². The van der Waals surface area contributed by atoms with Gasteiger partial charge in [-0.2, -0.15) is 0 Å². The first-order chi connectivity index (χ1) is 9.29. The van der Waals surface area contributed by atoms with Crippen LogP contribution in [0, 0.1) is 19.7 Å². The molecule has 0 heterocycles. The van der Waals surface area contributed by atoms with Crippen molar-refractivity contribution in [3.05, 3.63) is 58.9 Å². The molecule has 2 aromatic carbocycles. The number of benzene rings is 2. The Hall–Kier alpha value is -1.88. The van der Waals surface area contributed by atoms with Crippen LogP contribution < -0.4 is 5.73 Å². The highest BCUT2D eigenvalue weighted by molar-refractivity contribution is 7.90. The van der Waals surface area contributed by atoms with Crippen LogP contribution in [0.1, 0.15) is 16.7 Å². The van der Waals surface area contributed by atoms with Crippen LogP contribution in [0.3, 0.4) is 0 Å². The van der Waals surface area contributed by atoms with Gasteiger partial charge in [0.15, 0.2) is 9.84 Å². The van der Waals surface area contributed by atoms with Gasteiger partial charge in [-0.05, 0) is 48.7 Å². The normalized spacial score (nSPS) is 11.6. The van der Waals surface area contributed by atoms with E-state index in [0.717, 1.165) is 23.3 Å². The Bertz CT molecular complexity index is 754. The zero-order valence-corrected chi connectivity index (χ0v) is 12.2. The number of nitrogens with two attached hydrogens (primary N) is 1. The standard InChI is InChI=1S/C15H16FNO2S/c1-10-3-4-12(7-11(10)2)9-20(18,19)15-8-13(16)5-6-14(15)17/h3-8H,9,17H2,1-2H3. The molecule has 5 heteroatoms. The lowest BCUT2D eigenvalue weighted by molar-refractivity contribution is 0.590. The van der Waals surface area contributed by atoms with E-state index in [0.29, 0.717) is 5.56 Å². The van der Waals surface area contributed by atoms with Crippen molar-refractivity contribution < 1.29 is 12.8 Å². The molecule has 0 unspecified atom stereocenters. The number of rotatable bonds is 3. The minimum atomic E-state index is -3.66. The quantitative estimate of drug-likeness (QED) is 0.885. The van der Waals surface area contributed by atoms with Crippen LogP contribution in [0.15, 0.2) is 41.3 Å². The van der Waals surface area contributed by atoms with Crippen molar-refractivity contribution in [2.24, 2.45) is 0 Å². The van der Waals surface area contributed by atoms with Crippen LogP contribution >= 0.6 is 0 Å². The van der Waals surface area contributed by atoms with Gasteiger partial charge >= 0.3 is 0 Å². The maximum Gasteiger partial charge on any atom is 0.184 e. The molecule has 0 aliphatic heterocycles. The molecule has 0 aliphatic carbocycles. The lowest BCUT2D eigenvalue weighted by Crippen LogP contribution is -2.08. The molecule has 2 aromatic rings. The second-order valence-corrected chi connectivity index (χ2v) is 6.82. The smallest absolute Gasteiger partial charge is 0.184 e. The number of halogens is 1. The van der Waals surface area contributed by atoms with Gasteiger partial charge in [0.25, 0.3) is 0 Å². The minimum Gasteiger partial charge on any atom is -0.398 e. The van der Waals surface area contributed by atoms with E-state index in [2.05, 4.69) is 0 Å². The third-order valence-electron chi connectivity index (χ3n) is 3.24. The molecule has 0 spiro atoms. The van der Waals surface area contributed by atoms with Crippen molar-refractivity contribution in [3.63, 3.8) is 0 Å². The van der Waals surface area contributed by atoms with Crippen molar-refractivity contribution in [1.82, 2.24) is 0 Å². The van der Waals surface area contributed by atoms with E-state index in [-0.39, 0.29) is 16.3 Å². The summed E-state index contributed by atoms with van der Waals surface area (Å²) < 4.78 is 37.9. The fourth-order valence-corrected chi connectivity index (χ4v) is 3.46. The van der Waals surface area contributed by atoms with Crippen LogP contribution in [0.4, 0.5) is 10.1 Å². The van der Waals surface area contributed by atoms with Gasteiger partial charge in [-0.15, -0.1) is 0 Å². The zero-order chi connectivity index (χ0) is 14.9. The Kier molecular flexibility index (Phi) is 3.81. The number of sulfone groups is 1. The predicted molar refractivity (Wildman–Crippen MR) is 77.6 cm³/mol. The minimum absolute atomic E-state index is 0.0650. The molecule has 2 rings (SSSR count). The summed E-state index contributed by atoms with van der Waals surface area (Å²) in [6, 6.07) is 8.82. The van der Waals surface area contributed by atoms with Gasteiger partial charge in [-0.3, -0.25) is 0 Å². The Balaban J connectivity index is 2.40. The van der Waals surface area contributed by atoms with E-state index in [4.69, 9.17) is 5.73 Å². The molecule has 0 saturated heterocycles. The van der Waals surface area contributed by atoms with Crippen molar-refractivity contribution in [2.75, 3.05) is 5.73 Å². The third kappa shape index (κ3) is 2.99. The number of anilines is 1. The Morgan fingerprint density at radius 2 is 1.75 bits per heavy atom. The van der Waals surface area contributed by atoms with Crippen LogP contribution in [0.5, 0.6) is 0 Å². The largest absolute Gasteiger partial charge is 0.398 e. The van der Waals surface area contributed by atoms with Gasteiger partial charge in [-0.25, -0.2) is 12.8 Å². The van der Waals surface area contributed by atoms with Gasteiger partial charge in [0.05, 0.1) is 16.3 Å². The number of nitrogen functional groups attached to an aromatic ring is 1. The average Bonchev–Trinajstić information content (AvgIpc) is 2.36. The fraction of sp³-hybridized carbons (Fsp3) is 0.200. The molecular formula is C15H16FNO2S. The third-order valence-corrected chi connectivity index (χ3v) is 4.98. The van der Waals surface area contributed by atoms with Gasteiger partial charge in [0, 0.05) is 0 Å².